The smallest absolute Gasteiger partial charge is 0.227 e. The standard InChI is InChI=1S/C38H23N3O2/c1-2-6-24(7-3-1)26-11-10-25-12-13-28(19-27(25)18-26)41(29-14-15-36-32(20-29)34-23-39-17-16-37(34)42-36)30-21-33-31-8-4-5-9-35(31)43-38(33)40-22-30/h1-23H. The highest BCUT2D eigenvalue weighted by molar-refractivity contribution is 6.07. The van der Waals surface area contributed by atoms with Crippen LogP contribution in [0.3, 0.4) is 0 Å². The lowest BCUT2D eigenvalue weighted by Crippen LogP contribution is -2.10. The average molecular weight is 554 g/mol. The van der Waals surface area contributed by atoms with Crippen molar-refractivity contribution in [1.29, 1.82) is 0 Å². The number of aromatic nitrogens is 2. The predicted molar refractivity (Wildman–Crippen MR) is 174 cm³/mol. The molecule has 0 spiro atoms. The van der Waals surface area contributed by atoms with Crippen LogP contribution in [0, 0.1) is 0 Å². The van der Waals surface area contributed by atoms with Crippen LogP contribution in [0.15, 0.2) is 149 Å². The molecule has 0 fully saturated rings. The Kier molecular flexibility index (Phi) is 5.13. The molecule has 4 aromatic heterocycles. The highest BCUT2D eigenvalue weighted by atomic mass is 16.3. The van der Waals surface area contributed by atoms with Gasteiger partial charge in [-0.1, -0.05) is 66.7 Å². The summed E-state index contributed by atoms with van der Waals surface area (Å²) in [6.45, 7) is 0. The number of benzene rings is 5. The van der Waals surface area contributed by atoms with Crippen molar-refractivity contribution in [3.05, 3.63) is 140 Å². The summed E-state index contributed by atoms with van der Waals surface area (Å²) in [5.74, 6) is 0. The molecule has 5 aromatic carbocycles. The summed E-state index contributed by atoms with van der Waals surface area (Å²) in [7, 11) is 0. The maximum absolute atomic E-state index is 6.12. The van der Waals surface area contributed by atoms with Crippen LogP contribution in [0.2, 0.25) is 0 Å². The van der Waals surface area contributed by atoms with E-state index in [4.69, 9.17) is 13.8 Å². The Morgan fingerprint density at radius 3 is 2.19 bits per heavy atom. The average Bonchev–Trinajstić information content (AvgIpc) is 3.63. The second kappa shape index (κ2) is 9.29. The Morgan fingerprint density at radius 1 is 0.465 bits per heavy atom. The van der Waals surface area contributed by atoms with Gasteiger partial charge in [0.15, 0.2) is 0 Å². The summed E-state index contributed by atoms with van der Waals surface area (Å²) in [6.07, 6.45) is 5.50. The zero-order chi connectivity index (χ0) is 28.3. The van der Waals surface area contributed by atoms with E-state index < -0.39 is 0 Å². The Morgan fingerprint density at radius 2 is 1.23 bits per heavy atom. The fourth-order valence-corrected chi connectivity index (χ4v) is 6.10. The summed E-state index contributed by atoms with van der Waals surface area (Å²) in [6, 6.07) is 42.2. The molecule has 0 N–H and O–H groups in total. The van der Waals surface area contributed by atoms with Crippen molar-refractivity contribution in [3.8, 4) is 11.1 Å². The van der Waals surface area contributed by atoms with Gasteiger partial charge in [-0.15, -0.1) is 0 Å². The first-order valence-corrected chi connectivity index (χ1v) is 14.2. The lowest BCUT2D eigenvalue weighted by atomic mass is 10.0. The van der Waals surface area contributed by atoms with E-state index in [0.29, 0.717) is 5.71 Å². The third kappa shape index (κ3) is 3.86. The summed E-state index contributed by atoms with van der Waals surface area (Å²) >= 11 is 0. The first kappa shape index (κ1) is 23.7. The van der Waals surface area contributed by atoms with Crippen LogP contribution in [-0.2, 0) is 0 Å². The molecule has 9 rings (SSSR count). The Balaban J connectivity index is 1.27. The number of para-hydroxylation sites is 1. The highest BCUT2D eigenvalue weighted by Crippen LogP contribution is 2.41. The monoisotopic (exact) mass is 553 g/mol. The lowest BCUT2D eigenvalue weighted by Gasteiger charge is -2.25. The number of fused-ring (bicyclic) bond motifs is 7. The van der Waals surface area contributed by atoms with Crippen LogP contribution in [0.25, 0.3) is 65.9 Å². The number of pyridine rings is 2. The number of anilines is 3. The van der Waals surface area contributed by atoms with Crippen LogP contribution in [-0.4, -0.2) is 9.97 Å². The molecule has 202 valence electrons. The molecule has 0 saturated carbocycles. The van der Waals surface area contributed by atoms with Gasteiger partial charge in [-0.3, -0.25) is 4.98 Å². The fourth-order valence-electron chi connectivity index (χ4n) is 6.10. The summed E-state index contributed by atoms with van der Waals surface area (Å²) < 4.78 is 12.2. The van der Waals surface area contributed by atoms with Crippen LogP contribution >= 0.6 is 0 Å². The number of furan rings is 2. The van der Waals surface area contributed by atoms with Crippen molar-refractivity contribution < 1.29 is 8.83 Å². The fraction of sp³-hybridized carbons (Fsp3) is 0. The van der Waals surface area contributed by atoms with Gasteiger partial charge in [-0.2, -0.15) is 0 Å². The van der Waals surface area contributed by atoms with Gasteiger partial charge in [-0.05, 0) is 76.5 Å². The van der Waals surface area contributed by atoms with E-state index in [9.17, 15) is 0 Å². The van der Waals surface area contributed by atoms with E-state index in [0.717, 1.165) is 60.7 Å². The number of hydrogen-bond donors (Lipinski definition) is 0. The topological polar surface area (TPSA) is 55.3 Å². The molecule has 43 heavy (non-hydrogen) atoms. The third-order valence-electron chi connectivity index (χ3n) is 8.18. The van der Waals surface area contributed by atoms with Crippen LogP contribution in [0.4, 0.5) is 17.1 Å². The zero-order valence-electron chi connectivity index (χ0n) is 22.9. The Hall–Kier alpha value is -5.94. The lowest BCUT2D eigenvalue weighted by molar-refractivity contribution is 0.654. The van der Waals surface area contributed by atoms with Gasteiger partial charge in [0.25, 0.3) is 0 Å². The van der Waals surface area contributed by atoms with Crippen LogP contribution in [0.1, 0.15) is 0 Å². The second-order valence-corrected chi connectivity index (χ2v) is 10.7. The molecular formula is C38H23N3O2. The summed E-state index contributed by atoms with van der Waals surface area (Å²) in [5, 5.41) is 6.36. The van der Waals surface area contributed by atoms with Crippen molar-refractivity contribution in [3.63, 3.8) is 0 Å². The van der Waals surface area contributed by atoms with Crippen molar-refractivity contribution in [2.24, 2.45) is 0 Å². The van der Waals surface area contributed by atoms with Crippen molar-refractivity contribution in [2.75, 3.05) is 4.90 Å². The SMILES string of the molecule is c1ccc(-c2ccc3ccc(N(c4ccc5oc6ccncc6c5c4)c4cnc5oc6ccccc6c5c4)cc3c2)cc1. The van der Waals surface area contributed by atoms with Crippen molar-refractivity contribution in [2.45, 2.75) is 0 Å². The predicted octanol–water partition coefficient (Wildman–Crippen LogP) is 10.6. The molecule has 0 aliphatic carbocycles. The van der Waals surface area contributed by atoms with Gasteiger partial charge >= 0.3 is 0 Å². The Bertz CT molecular complexity index is 2360. The van der Waals surface area contributed by atoms with E-state index in [2.05, 4.69) is 94.8 Å². The van der Waals surface area contributed by atoms with Crippen molar-refractivity contribution >= 4 is 71.8 Å². The maximum atomic E-state index is 6.12. The van der Waals surface area contributed by atoms with Gasteiger partial charge < -0.3 is 13.7 Å². The first-order chi connectivity index (χ1) is 21.3. The molecule has 5 nitrogen and oxygen atoms in total. The molecule has 9 aromatic rings. The quantitative estimate of drug-likeness (QED) is 0.217. The third-order valence-corrected chi connectivity index (χ3v) is 8.18. The summed E-state index contributed by atoms with van der Waals surface area (Å²) in [4.78, 5) is 11.4. The van der Waals surface area contributed by atoms with Crippen LogP contribution in [0.5, 0.6) is 0 Å². The number of hydrogen-bond acceptors (Lipinski definition) is 5. The molecule has 0 atom stereocenters. The van der Waals surface area contributed by atoms with Crippen LogP contribution < -0.4 is 4.90 Å². The molecule has 0 radical (unpaired) electrons. The number of nitrogens with zero attached hydrogens (tertiary/aromatic N) is 3. The number of rotatable bonds is 4. The molecule has 0 aliphatic heterocycles. The molecule has 4 heterocycles. The molecule has 0 unspecified atom stereocenters. The van der Waals surface area contributed by atoms with Gasteiger partial charge in [0, 0.05) is 39.9 Å². The molecule has 0 aliphatic rings. The largest absolute Gasteiger partial charge is 0.456 e. The van der Waals surface area contributed by atoms with E-state index in [-0.39, 0.29) is 0 Å². The normalized spacial score (nSPS) is 11.7. The minimum absolute atomic E-state index is 0.623. The Labute approximate surface area is 246 Å². The maximum Gasteiger partial charge on any atom is 0.227 e. The van der Waals surface area contributed by atoms with E-state index >= 15 is 0 Å². The zero-order valence-corrected chi connectivity index (χ0v) is 22.9. The minimum atomic E-state index is 0.623. The van der Waals surface area contributed by atoms with Gasteiger partial charge in [0.2, 0.25) is 5.71 Å². The molecule has 5 heteroatoms. The highest BCUT2D eigenvalue weighted by Gasteiger charge is 2.18. The molecule has 0 saturated heterocycles. The van der Waals surface area contributed by atoms with Gasteiger partial charge in [0.05, 0.1) is 17.3 Å². The van der Waals surface area contributed by atoms with E-state index in [1.807, 2.05) is 48.8 Å². The first-order valence-electron chi connectivity index (χ1n) is 14.2. The van der Waals surface area contributed by atoms with Gasteiger partial charge in [0.1, 0.15) is 16.7 Å². The second-order valence-electron chi connectivity index (χ2n) is 10.7. The van der Waals surface area contributed by atoms with Gasteiger partial charge in [-0.25, -0.2) is 4.98 Å². The summed E-state index contributed by atoms with van der Waals surface area (Å²) in [5.41, 5.74) is 8.42. The minimum Gasteiger partial charge on any atom is -0.456 e. The van der Waals surface area contributed by atoms with E-state index in [1.165, 1.54) is 16.5 Å². The van der Waals surface area contributed by atoms with E-state index in [1.54, 1.807) is 6.20 Å². The van der Waals surface area contributed by atoms with Crippen molar-refractivity contribution in [1.82, 2.24) is 9.97 Å². The molecule has 0 bridgehead atoms. The molecule has 0 amide bonds. The molecular weight excluding hydrogens is 530 g/mol.